The molecule has 0 unspecified atom stereocenters. The highest BCUT2D eigenvalue weighted by Gasteiger charge is 2.25. The predicted octanol–water partition coefficient (Wildman–Crippen LogP) is 5.59. The van der Waals surface area contributed by atoms with E-state index in [0.29, 0.717) is 42.4 Å². The van der Waals surface area contributed by atoms with Gasteiger partial charge in [0.05, 0.1) is 18.6 Å². The molecule has 1 aliphatic heterocycles. The smallest absolute Gasteiger partial charge is 0.259 e. The summed E-state index contributed by atoms with van der Waals surface area (Å²) in [6, 6.07) is 15.5. The number of hydrogen-bond donors (Lipinski definition) is 0. The highest BCUT2D eigenvalue weighted by Crippen LogP contribution is 2.27. The van der Waals surface area contributed by atoms with E-state index in [1.807, 2.05) is 31.2 Å². The molecule has 8 heteroatoms. The molecule has 0 bridgehead atoms. The highest BCUT2D eigenvalue weighted by molar-refractivity contribution is 6.06. The maximum Gasteiger partial charge on any atom is 0.259 e. The van der Waals surface area contributed by atoms with E-state index in [1.165, 1.54) is 12.1 Å². The Kier molecular flexibility index (Phi) is 10.8. The average molecular weight is 561 g/mol. The summed E-state index contributed by atoms with van der Waals surface area (Å²) < 4.78 is 20.2. The van der Waals surface area contributed by atoms with Gasteiger partial charge in [0, 0.05) is 44.3 Å². The molecule has 1 aromatic heterocycles. The van der Waals surface area contributed by atoms with Crippen LogP contribution in [-0.2, 0) is 17.8 Å². The van der Waals surface area contributed by atoms with Gasteiger partial charge >= 0.3 is 0 Å². The molecule has 218 valence electrons. The lowest BCUT2D eigenvalue weighted by atomic mass is 10.1. The van der Waals surface area contributed by atoms with E-state index in [4.69, 9.17) is 4.74 Å². The van der Waals surface area contributed by atoms with E-state index < -0.39 is 5.82 Å². The van der Waals surface area contributed by atoms with Gasteiger partial charge in [-0.1, -0.05) is 26.0 Å². The topological polar surface area (TPSA) is 66.0 Å². The summed E-state index contributed by atoms with van der Waals surface area (Å²) in [5.74, 6) is 0.638. The third kappa shape index (κ3) is 8.60. The van der Waals surface area contributed by atoms with Gasteiger partial charge < -0.3 is 19.4 Å². The first-order valence-corrected chi connectivity index (χ1v) is 14.6. The van der Waals surface area contributed by atoms with Crippen molar-refractivity contribution in [3.63, 3.8) is 0 Å². The number of nitrogens with zero attached hydrogens (tertiary/aromatic N) is 4. The first-order chi connectivity index (χ1) is 19.8. The lowest BCUT2D eigenvalue weighted by Crippen LogP contribution is -2.40. The zero-order valence-electron chi connectivity index (χ0n) is 24.4. The van der Waals surface area contributed by atoms with Crippen molar-refractivity contribution in [3.05, 3.63) is 89.5 Å². The van der Waals surface area contributed by atoms with Crippen molar-refractivity contribution in [1.82, 2.24) is 14.8 Å². The molecule has 0 saturated heterocycles. The fourth-order valence-electron chi connectivity index (χ4n) is 5.32. The Hall–Kier alpha value is -3.78. The fraction of sp³-hybridized carbons (Fsp3) is 0.424. The molecule has 0 spiro atoms. The van der Waals surface area contributed by atoms with E-state index in [2.05, 4.69) is 23.7 Å². The van der Waals surface area contributed by atoms with Crippen LogP contribution in [0.3, 0.4) is 0 Å². The first kappa shape index (κ1) is 30.2. The Bertz CT molecular complexity index is 1280. The number of ether oxygens (including phenoxy) is 1. The van der Waals surface area contributed by atoms with Gasteiger partial charge in [0.1, 0.15) is 11.6 Å². The molecule has 41 heavy (non-hydrogen) atoms. The van der Waals surface area contributed by atoms with E-state index in [1.54, 1.807) is 40.4 Å². The summed E-state index contributed by atoms with van der Waals surface area (Å²) in [6.07, 6.45) is 5.00. The molecular formula is C33H41FN4O3. The van der Waals surface area contributed by atoms with E-state index in [-0.39, 0.29) is 24.8 Å². The number of halogens is 1. The molecule has 7 nitrogen and oxygen atoms in total. The largest absolute Gasteiger partial charge is 0.494 e. The number of rotatable bonds is 7. The van der Waals surface area contributed by atoms with Crippen LogP contribution in [0.25, 0.3) is 0 Å². The zero-order valence-corrected chi connectivity index (χ0v) is 24.4. The van der Waals surface area contributed by atoms with Crippen molar-refractivity contribution in [2.45, 2.75) is 46.6 Å². The second kappa shape index (κ2) is 14.7. The number of hydrogen-bond acceptors (Lipinski definition) is 5. The van der Waals surface area contributed by atoms with E-state index in [0.717, 1.165) is 43.8 Å². The van der Waals surface area contributed by atoms with Crippen LogP contribution in [0.5, 0.6) is 5.75 Å². The molecule has 0 N–H and O–H groups in total. The Morgan fingerprint density at radius 3 is 2.44 bits per heavy atom. The van der Waals surface area contributed by atoms with Crippen LogP contribution >= 0.6 is 0 Å². The second-order valence-electron chi connectivity index (χ2n) is 10.9. The summed E-state index contributed by atoms with van der Waals surface area (Å²) in [7, 11) is 0. The molecular weight excluding hydrogens is 519 g/mol. The quantitative estimate of drug-likeness (QED) is 0.377. The van der Waals surface area contributed by atoms with E-state index >= 15 is 0 Å². The van der Waals surface area contributed by atoms with Crippen LogP contribution in [0.15, 0.2) is 67.0 Å². The summed E-state index contributed by atoms with van der Waals surface area (Å²) in [5.41, 5.74) is 2.59. The normalized spacial score (nSPS) is 15.1. The van der Waals surface area contributed by atoms with Crippen LogP contribution in [0.4, 0.5) is 10.1 Å². The molecule has 0 saturated carbocycles. The van der Waals surface area contributed by atoms with Crippen molar-refractivity contribution < 1.29 is 18.7 Å². The molecule has 0 atom stereocenters. The Morgan fingerprint density at radius 2 is 1.76 bits per heavy atom. The minimum absolute atomic E-state index is 0.0398. The number of carbonyl (C=O) groups excluding carboxylic acids is 2. The van der Waals surface area contributed by atoms with Gasteiger partial charge in [-0.15, -0.1) is 0 Å². The number of carbonyl (C=O) groups is 2. The minimum atomic E-state index is -0.397. The lowest BCUT2D eigenvalue weighted by molar-refractivity contribution is -0.131. The highest BCUT2D eigenvalue weighted by atomic mass is 19.1. The molecule has 0 radical (unpaired) electrons. The molecule has 0 aliphatic carbocycles. The number of aromatic nitrogens is 1. The van der Waals surface area contributed by atoms with Gasteiger partial charge in [0.25, 0.3) is 5.91 Å². The summed E-state index contributed by atoms with van der Waals surface area (Å²) in [5, 5.41) is 0. The number of anilines is 1. The van der Waals surface area contributed by atoms with Gasteiger partial charge in [-0.05, 0) is 92.4 Å². The predicted molar refractivity (Wildman–Crippen MR) is 160 cm³/mol. The standard InChI is InChI=1S/C33H41FN4O3/c1-4-41-30-12-9-26(10-13-30)20-32(39)37-18-6-16-36(23-25(2)3)17-7-19-38(33(40)27-8-5-15-35-22-27)31-14-11-29(34)21-28(31)24-37/h5,8-15,21-22,25H,4,6-7,16-20,23-24H2,1-3H3. The molecule has 2 aromatic carbocycles. The third-order valence-electron chi connectivity index (χ3n) is 7.17. The molecule has 1 aliphatic rings. The minimum Gasteiger partial charge on any atom is -0.494 e. The number of benzene rings is 2. The summed E-state index contributed by atoms with van der Waals surface area (Å²) >= 11 is 0. The summed E-state index contributed by atoms with van der Waals surface area (Å²) in [4.78, 5) is 37.5. The maximum absolute atomic E-state index is 14.6. The molecule has 2 heterocycles. The monoisotopic (exact) mass is 560 g/mol. The van der Waals surface area contributed by atoms with Crippen molar-refractivity contribution >= 4 is 17.5 Å². The van der Waals surface area contributed by atoms with Crippen LogP contribution in [-0.4, -0.2) is 65.9 Å². The maximum atomic E-state index is 14.6. The third-order valence-corrected chi connectivity index (χ3v) is 7.17. The number of fused-ring (bicyclic) bond motifs is 1. The van der Waals surface area contributed by atoms with Gasteiger partial charge in [-0.2, -0.15) is 0 Å². The van der Waals surface area contributed by atoms with Gasteiger partial charge in [0.15, 0.2) is 0 Å². The van der Waals surface area contributed by atoms with Gasteiger partial charge in [-0.3, -0.25) is 14.6 Å². The molecule has 2 amide bonds. The van der Waals surface area contributed by atoms with Crippen LogP contribution in [0.2, 0.25) is 0 Å². The Balaban J connectivity index is 1.66. The van der Waals surface area contributed by atoms with Gasteiger partial charge in [0.2, 0.25) is 5.91 Å². The van der Waals surface area contributed by atoms with Crippen molar-refractivity contribution in [3.8, 4) is 5.75 Å². The molecule has 3 aromatic rings. The van der Waals surface area contributed by atoms with Crippen molar-refractivity contribution in [2.24, 2.45) is 5.92 Å². The fourth-order valence-corrected chi connectivity index (χ4v) is 5.32. The summed E-state index contributed by atoms with van der Waals surface area (Å²) in [6.45, 7) is 10.8. The zero-order chi connectivity index (χ0) is 29.2. The van der Waals surface area contributed by atoms with Gasteiger partial charge in [-0.25, -0.2) is 4.39 Å². The Labute approximate surface area is 242 Å². The first-order valence-electron chi connectivity index (χ1n) is 14.6. The lowest BCUT2D eigenvalue weighted by Gasteiger charge is -2.32. The van der Waals surface area contributed by atoms with Crippen molar-refractivity contribution in [2.75, 3.05) is 44.2 Å². The van der Waals surface area contributed by atoms with Crippen LogP contribution in [0, 0.1) is 11.7 Å². The van der Waals surface area contributed by atoms with Crippen LogP contribution < -0.4 is 9.64 Å². The number of amides is 2. The molecule has 0 fully saturated rings. The second-order valence-corrected chi connectivity index (χ2v) is 10.9. The average Bonchev–Trinajstić information content (AvgIpc) is 2.95. The van der Waals surface area contributed by atoms with Crippen LogP contribution in [0.1, 0.15) is 55.1 Å². The molecule has 4 rings (SSSR count). The number of pyridine rings is 1. The van der Waals surface area contributed by atoms with E-state index in [9.17, 15) is 14.0 Å². The van der Waals surface area contributed by atoms with Crippen molar-refractivity contribution in [1.29, 1.82) is 0 Å². The Morgan fingerprint density at radius 1 is 1.00 bits per heavy atom. The SMILES string of the molecule is CCOc1ccc(CC(=O)N2CCCN(CC(C)C)CCCN(C(=O)c3cccnc3)c3ccc(F)cc3C2)cc1.